The zero-order valence-corrected chi connectivity index (χ0v) is 19.1. The van der Waals surface area contributed by atoms with Crippen molar-refractivity contribution < 1.29 is 22.9 Å². The Kier molecular flexibility index (Phi) is 5.48. The first-order valence-corrected chi connectivity index (χ1v) is 12.4. The molecule has 0 aliphatic carbocycles. The Morgan fingerprint density at radius 3 is 2.37 bits per heavy atom. The summed E-state index contributed by atoms with van der Waals surface area (Å²) in [5, 5.41) is 14.8. The summed E-state index contributed by atoms with van der Waals surface area (Å²) in [5.41, 5.74) is 2.66. The number of benzene rings is 3. The Hall–Kier alpha value is -4.25. The highest BCUT2D eigenvalue weighted by Crippen LogP contribution is 2.42. The molecule has 2 aliphatic heterocycles. The normalized spacial score (nSPS) is 17.0. The van der Waals surface area contributed by atoms with Gasteiger partial charge in [-0.05, 0) is 41.8 Å². The van der Waals surface area contributed by atoms with Crippen molar-refractivity contribution in [2.24, 2.45) is 0 Å². The molecule has 1 unspecified atom stereocenters. The van der Waals surface area contributed by atoms with Crippen LogP contribution in [0.5, 0.6) is 0 Å². The van der Waals surface area contributed by atoms with Gasteiger partial charge in [-0.2, -0.15) is 0 Å². The van der Waals surface area contributed by atoms with E-state index in [-0.39, 0.29) is 23.0 Å². The number of nitrogens with zero attached hydrogens (tertiary/aromatic N) is 2. The number of hydrogen-bond acceptors (Lipinski definition) is 6. The van der Waals surface area contributed by atoms with E-state index in [0.29, 0.717) is 40.9 Å². The summed E-state index contributed by atoms with van der Waals surface area (Å²) in [7, 11) is -3.94. The zero-order valence-electron chi connectivity index (χ0n) is 18.3. The lowest BCUT2D eigenvalue weighted by Crippen LogP contribution is -2.35. The van der Waals surface area contributed by atoms with Crippen molar-refractivity contribution in [1.82, 2.24) is 10.6 Å². The number of carbonyl (C=O) groups excluding carboxylic acids is 2. The predicted molar refractivity (Wildman–Crippen MR) is 128 cm³/mol. The van der Waals surface area contributed by atoms with Gasteiger partial charge in [-0.1, -0.05) is 30.3 Å². The third kappa shape index (κ3) is 3.89. The van der Waals surface area contributed by atoms with Crippen molar-refractivity contribution in [1.29, 1.82) is 0 Å². The first-order chi connectivity index (χ1) is 16.8. The van der Waals surface area contributed by atoms with E-state index in [1.807, 2.05) is 6.07 Å². The van der Waals surface area contributed by atoms with Crippen molar-refractivity contribution >= 4 is 33.2 Å². The van der Waals surface area contributed by atoms with Crippen LogP contribution < -0.4 is 15.5 Å². The quantitative estimate of drug-likeness (QED) is 0.415. The summed E-state index contributed by atoms with van der Waals surface area (Å²) >= 11 is 0. The Morgan fingerprint density at radius 2 is 1.74 bits per heavy atom. The van der Waals surface area contributed by atoms with Crippen LogP contribution in [0.2, 0.25) is 0 Å². The number of urea groups is 1. The molecule has 3 amide bonds. The molecule has 5 rings (SSSR count). The van der Waals surface area contributed by atoms with Crippen LogP contribution in [-0.4, -0.2) is 43.7 Å². The van der Waals surface area contributed by atoms with Gasteiger partial charge in [0.05, 0.1) is 16.4 Å². The van der Waals surface area contributed by atoms with Crippen LogP contribution >= 0.6 is 0 Å². The average Bonchev–Trinajstić information content (AvgIpc) is 3.50. The van der Waals surface area contributed by atoms with Gasteiger partial charge < -0.3 is 15.5 Å². The zero-order chi connectivity index (χ0) is 24.7. The molecular weight excluding hydrogens is 472 g/mol. The van der Waals surface area contributed by atoms with Crippen molar-refractivity contribution in [2.45, 2.75) is 16.7 Å². The average molecular weight is 493 g/mol. The van der Waals surface area contributed by atoms with Gasteiger partial charge in [0.2, 0.25) is 9.84 Å². The van der Waals surface area contributed by atoms with Crippen LogP contribution in [0.15, 0.2) is 71.6 Å². The van der Waals surface area contributed by atoms with Gasteiger partial charge in [-0.3, -0.25) is 14.9 Å². The molecule has 10 nitrogen and oxygen atoms in total. The van der Waals surface area contributed by atoms with E-state index in [1.165, 1.54) is 30.3 Å². The molecule has 11 heteroatoms. The van der Waals surface area contributed by atoms with Crippen LogP contribution in [0.4, 0.5) is 16.2 Å². The van der Waals surface area contributed by atoms with E-state index in [1.54, 1.807) is 35.2 Å². The highest BCUT2D eigenvalue weighted by Gasteiger charge is 2.38. The van der Waals surface area contributed by atoms with Crippen molar-refractivity contribution in [2.75, 3.05) is 18.0 Å². The van der Waals surface area contributed by atoms with E-state index in [0.717, 1.165) is 0 Å². The topological polar surface area (TPSA) is 139 Å². The lowest BCUT2D eigenvalue weighted by molar-refractivity contribution is -0.384. The van der Waals surface area contributed by atoms with Crippen LogP contribution in [-0.2, 0) is 16.3 Å². The second-order valence-corrected chi connectivity index (χ2v) is 10.3. The minimum Gasteiger partial charge on any atom is -0.335 e. The minimum atomic E-state index is -3.94. The van der Waals surface area contributed by atoms with Gasteiger partial charge in [0.25, 0.3) is 11.6 Å². The smallest absolute Gasteiger partial charge is 0.315 e. The predicted octanol–water partition coefficient (Wildman–Crippen LogP) is 2.88. The maximum absolute atomic E-state index is 13.5. The number of nitro groups is 1. The molecular formula is C24H20N4O6S. The monoisotopic (exact) mass is 492 g/mol. The third-order valence-electron chi connectivity index (χ3n) is 6.18. The number of nitro benzene ring substituents is 1. The lowest BCUT2D eigenvalue weighted by atomic mass is 9.97. The fourth-order valence-electron chi connectivity index (χ4n) is 4.49. The second-order valence-electron chi connectivity index (χ2n) is 8.20. The molecule has 1 fully saturated rings. The first-order valence-electron chi connectivity index (χ1n) is 10.8. The van der Waals surface area contributed by atoms with E-state index in [4.69, 9.17) is 0 Å². The number of non-ortho nitro benzene ring substituents is 1. The number of fused-ring (bicyclic) bond motifs is 1. The Labute approximate surface area is 200 Å². The lowest BCUT2D eigenvalue weighted by Gasteiger charge is -2.21. The number of nitrogens with one attached hydrogen (secondary N) is 2. The molecule has 35 heavy (non-hydrogen) atoms. The van der Waals surface area contributed by atoms with Gasteiger partial charge in [-0.25, -0.2) is 13.2 Å². The summed E-state index contributed by atoms with van der Waals surface area (Å²) in [6.07, 6.45) is 0.427. The number of carbonyl (C=O) groups is 2. The summed E-state index contributed by atoms with van der Waals surface area (Å²) in [4.78, 5) is 36.9. The van der Waals surface area contributed by atoms with E-state index < -0.39 is 26.2 Å². The molecule has 3 aromatic carbocycles. The van der Waals surface area contributed by atoms with Crippen molar-refractivity contribution in [3.05, 3.63) is 88.0 Å². The molecule has 1 atom stereocenters. The standard InChI is InChI=1S/C24H20N4O6S/c29-23(16-6-8-17(9-7-16)28(31)32)27-13-12-18-19(27)10-11-20(22(18)15-4-2-1-3-5-15)35(33,34)21-14-25-24(30)26-21/h1-11,21H,12-14H2,(H2,25,26,30). The molecule has 178 valence electrons. The van der Waals surface area contributed by atoms with Crippen LogP contribution in [0, 0.1) is 10.1 Å². The van der Waals surface area contributed by atoms with Crippen molar-refractivity contribution in [3.63, 3.8) is 0 Å². The molecule has 2 aliphatic rings. The maximum Gasteiger partial charge on any atom is 0.315 e. The minimum absolute atomic E-state index is 0.0444. The van der Waals surface area contributed by atoms with Crippen LogP contribution in [0.1, 0.15) is 15.9 Å². The number of anilines is 1. The fraction of sp³-hybridized carbons (Fsp3) is 0.167. The maximum atomic E-state index is 13.5. The van der Waals surface area contributed by atoms with Crippen molar-refractivity contribution in [3.8, 4) is 11.1 Å². The Bertz CT molecular complexity index is 1460. The number of sulfone groups is 1. The summed E-state index contributed by atoms with van der Waals surface area (Å²) in [5.74, 6) is -0.333. The van der Waals surface area contributed by atoms with Gasteiger partial charge in [-0.15, -0.1) is 0 Å². The van der Waals surface area contributed by atoms with Crippen LogP contribution in [0.3, 0.4) is 0 Å². The van der Waals surface area contributed by atoms with Gasteiger partial charge in [0.1, 0.15) is 0 Å². The van der Waals surface area contributed by atoms with Gasteiger partial charge >= 0.3 is 6.03 Å². The molecule has 1 saturated heterocycles. The summed E-state index contributed by atoms with van der Waals surface area (Å²) < 4.78 is 27.0. The van der Waals surface area contributed by atoms with E-state index >= 15 is 0 Å². The van der Waals surface area contributed by atoms with E-state index in [2.05, 4.69) is 10.6 Å². The molecule has 3 aromatic rings. The third-order valence-corrected chi connectivity index (χ3v) is 8.17. The molecule has 2 N–H and O–H groups in total. The molecule has 0 spiro atoms. The molecule has 0 aromatic heterocycles. The molecule has 0 radical (unpaired) electrons. The SMILES string of the molecule is O=C1NCC(S(=O)(=O)c2ccc3c(c2-c2ccccc2)CCN3C(=O)c2ccc([N+](=O)[O-])cc2)N1. The number of rotatable bonds is 5. The highest BCUT2D eigenvalue weighted by molar-refractivity contribution is 7.92. The van der Waals surface area contributed by atoms with Gasteiger partial charge in [0, 0.05) is 35.5 Å². The summed E-state index contributed by atoms with van der Waals surface area (Å²) in [6.45, 7) is 0.285. The highest BCUT2D eigenvalue weighted by atomic mass is 32.2. The molecule has 2 heterocycles. The first kappa shape index (κ1) is 22.5. The molecule has 0 bridgehead atoms. The number of hydrogen-bond donors (Lipinski definition) is 2. The molecule has 0 saturated carbocycles. The Balaban J connectivity index is 1.60. The fourth-order valence-corrected chi connectivity index (χ4v) is 6.15. The largest absolute Gasteiger partial charge is 0.335 e. The van der Waals surface area contributed by atoms with Crippen LogP contribution in [0.25, 0.3) is 11.1 Å². The number of amides is 3. The second kappa shape index (κ2) is 8.51. The van der Waals surface area contributed by atoms with Gasteiger partial charge in [0.15, 0.2) is 5.37 Å². The van der Waals surface area contributed by atoms with E-state index in [9.17, 15) is 28.1 Å². The summed E-state index contributed by atoms with van der Waals surface area (Å²) in [6, 6.07) is 17.0. The Morgan fingerprint density at radius 1 is 1.03 bits per heavy atom.